The summed E-state index contributed by atoms with van der Waals surface area (Å²) in [5, 5.41) is 16.3. The Hall–Kier alpha value is -2.25. The molecule has 1 aliphatic rings. The van der Waals surface area contributed by atoms with Crippen molar-refractivity contribution in [3.05, 3.63) is 34.5 Å². The van der Waals surface area contributed by atoms with Gasteiger partial charge in [0.25, 0.3) is 0 Å². The Labute approximate surface area is 143 Å². The molecule has 0 amide bonds. The zero-order valence-corrected chi connectivity index (χ0v) is 14.3. The van der Waals surface area contributed by atoms with Gasteiger partial charge in [0.1, 0.15) is 0 Å². The molecule has 0 saturated heterocycles. The van der Waals surface area contributed by atoms with Gasteiger partial charge in [-0.15, -0.1) is 0 Å². The van der Waals surface area contributed by atoms with Crippen LogP contribution in [0.3, 0.4) is 0 Å². The third-order valence-electron chi connectivity index (χ3n) is 4.24. The van der Waals surface area contributed by atoms with Crippen molar-refractivity contribution in [2.45, 2.75) is 63.7 Å². The first kappa shape index (κ1) is 17.6. The van der Waals surface area contributed by atoms with E-state index in [9.17, 15) is 13.6 Å². The molecule has 3 rings (SSSR count). The number of hydrogen-bond acceptors (Lipinski definition) is 5. The van der Waals surface area contributed by atoms with E-state index in [-0.39, 0.29) is 24.5 Å². The highest BCUT2D eigenvalue weighted by Gasteiger charge is 2.49. The number of aromatic nitrogens is 2. The molecule has 8 heteroatoms. The Bertz CT molecular complexity index is 785. The topological polar surface area (TPSA) is 89.4 Å². The van der Waals surface area contributed by atoms with Crippen LogP contribution in [-0.4, -0.2) is 21.4 Å². The Kier molecular flexibility index (Phi) is 4.17. The second-order valence-electron chi connectivity index (χ2n) is 7.44. The summed E-state index contributed by atoms with van der Waals surface area (Å²) in [5.74, 6) is -5.75. The van der Waals surface area contributed by atoms with Crippen molar-refractivity contribution < 1.29 is 27.7 Å². The van der Waals surface area contributed by atoms with E-state index in [1.165, 1.54) is 6.07 Å². The molecule has 25 heavy (non-hydrogen) atoms. The average Bonchev–Trinajstić information content (AvgIpc) is 3.04. The molecule has 2 heterocycles. The van der Waals surface area contributed by atoms with E-state index >= 15 is 0 Å². The van der Waals surface area contributed by atoms with Crippen LogP contribution in [0, 0.1) is 0 Å². The molecule has 0 aliphatic heterocycles. The molecule has 0 spiro atoms. The van der Waals surface area contributed by atoms with Crippen LogP contribution in [0.1, 0.15) is 74.4 Å². The van der Waals surface area contributed by atoms with Crippen LogP contribution in [0.4, 0.5) is 8.78 Å². The Morgan fingerprint density at radius 1 is 1.28 bits per heavy atom. The van der Waals surface area contributed by atoms with Gasteiger partial charge in [-0.2, -0.15) is 8.78 Å². The summed E-state index contributed by atoms with van der Waals surface area (Å²) in [7, 11) is 0. The number of alkyl halides is 2. The molecule has 2 aromatic rings. The molecule has 136 valence electrons. The van der Waals surface area contributed by atoms with E-state index in [2.05, 4.69) is 10.3 Å². The van der Waals surface area contributed by atoms with E-state index in [0.717, 1.165) is 12.8 Å². The van der Waals surface area contributed by atoms with Crippen LogP contribution in [0.5, 0.6) is 0 Å². The summed E-state index contributed by atoms with van der Waals surface area (Å²) in [6.45, 7) is 5.54. The van der Waals surface area contributed by atoms with Gasteiger partial charge in [0.2, 0.25) is 11.5 Å². The fraction of sp³-hybridized carbons (Fsp3) is 0.588. The van der Waals surface area contributed by atoms with E-state index in [4.69, 9.17) is 14.2 Å². The van der Waals surface area contributed by atoms with Gasteiger partial charge in [0.05, 0.1) is 17.8 Å². The van der Waals surface area contributed by atoms with Crippen LogP contribution in [0.25, 0.3) is 0 Å². The minimum atomic E-state index is -3.51. The normalized spacial score (nSPS) is 15.6. The molecule has 1 saturated carbocycles. The molecule has 0 radical (unpaired) electrons. The molecule has 0 atom stereocenters. The van der Waals surface area contributed by atoms with Crippen molar-refractivity contribution in [2.75, 3.05) is 0 Å². The van der Waals surface area contributed by atoms with Crippen molar-refractivity contribution in [3.63, 3.8) is 0 Å². The number of halogens is 2. The van der Waals surface area contributed by atoms with Crippen LogP contribution in [0.2, 0.25) is 0 Å². The number of aliphatic carboxylic acids is 1. The summed E-state index contributed by atoms with van der Waals surface area (Å²) < 4.78 is 39.8. The summed E-state index contributed by atoms with van der Waals surface area (Å²) in [6, 6.07) is 1.23. The number of carbonyl (C=O) groups is 1. The number of carboxylic acid groups (broad SMARTS) is 1. The lowest BCUT2D eigenvalue weighted by Gasteiger charge is -2.13. The highest BCUT2D eigenvalue weighted by Crippen LogP contribution is 2.49. The Morgan fingerprint density at radius 3 is 2.48 bits per heavy atom. The van der Waals surface area contributed by atoms with Gasteiger partial charge in [-0.25, -0.2) is 0 Å². The molecule has 1 fully saturated rings. The lowest BCUT2D eigenvalue weighted by Crippen LogP contribution is -2.16. The first-order chi connectivity index (χ1) is 11.6. The molecule has 6 nitrogen and oxygen atoms in total. The molecule has 1 aliphatic carbocycles. The smallest absolute Gasteiger partial charge is 0.366 e. The molecule has 2 aromatic heterocycles. The summed E-state index contributed by atoms with van der Waals surface area (Å²) >= 11 is 0. The highest BCUT2D eigenvalue weighted by molar-refractivity contribution is 5.67. The third kappa shape index (κ3) is 3.43. The zero-order chi connectivity index (χ0) is 18.4. The number of carboxylic acids is 1. The van der Waals surface area contributed by atoms with Gasteiger partial charge >= 0.3 is 11.9 Å². The van der Waals surface area contributed by atoms with E-state index in [1.54, 1.807) is 0 Å². The van der Waals surface area contributed by atoms with Gasteiger partial charge < -0.3 is 14.2 Å². The number of nitrogens with zero attached hydrogens (tertiary/aromatic N) is 2. The molecule has 1 N–H and O–H groups in total. The lowest BCUT2D eigenvalue weighted by molar-refractivity contribution is -0.136. The van der Waals surface area contributed by atoms with Crippen LogP contribution in [0.15, 0.2) is 15.1 Å². The summed E-state index contributed by atoms with van der Waals surface area (Å²) in [6.07, 6.45) is 1.39. The standard InChI is InChI=1S/C17H20F2N2O4/c1-16(2,3)11-8-12(24-21-11)17(18,19)15-14(9-4-5-9)10(20-25-15)6-7-13(22)23/h8-9H,4-7H2,1-3H3,(H,22,23). The second kappa shape index (κ2) is 5.93. The van der Waals surface area contributed by atoms with E-state index in [1.807, 2.05) is 20.8 Å². The molecular weight excluding hydrogens is 334 g/mol. The second-order valence-corrected chi connectivity index (χ2v) is 7.44. The minimum Gasteiger partial charge on any atom is -0.481 e. The fourth-order valence-corrected chi connectivity index (χ4v) is 2.64. The van der Waals surface area contributed by atoms with Gasteiger partial charge in [-0.05, 0) is 18.8 Å². The summed E-state index contributed by atoms with van der Waals surface area (Å²) in [4.78, 5) is 10.8. The first-order valence-electron chi connectivity index (χ1n) is 8.17. The number of rotatable bonds is 6. The van der Waals surface area contributed by atoms with Crippen LogP contribution in [-0.2, 0) is 22.6 Å². The number of aryl methyl sites for hydroxylation is 1. The zero-order valence-electron chi connectivity index (χ0n) is 14.3. The molecule has 0 aromatic carbocycles. The highest BCUT2D eigenvalue weighted by atomic mass is 19.3. The molecular formula is C17H20F2N2O4. The van der Waals surface area contributed by atoms with Crippen molar-refractivity contribution in [1.29, 1.82) is 0 Å². The Balaban J connectivity index is 1.96. The lowest BCUT2D eigenvalue weighted by atomic mass is 9.91. The van der Waals surface area contributed by atoms with Gasteiger partial charge in [0.15, 0.2) is 0 Å². The van der Waals surface area contributed by atoms with Crippen molar-refractivity contribution in [1.82, 2.24) is 10.3 Å². The quantitative estimate of drug-likeness (QED) is 0.843. The largest absolute Gasteiger partial charge is 0.481 e. The molecule has 0 bridgehead atoms. The van der Waals surface area contributed by atoms with Crippen molar-refractivity contribution in [3.8, 4) is 0 Å². The predicted molar refractivity (Wildman–Crippen MR) is 82.6 cm³/mol. The SMILES string of the molecule is CC(C)(C)c1cc(C(F)(F)c2onc(CCC(=O)O)c2C2CC2)on1. The summed E-state index contributed by atoms with van der Waals surface area (Å²) in [5.41, 5.74) is 0.599. The van der Waals surface area contributed by atoms with Gasteiger partial charge in [-0.1, -0.05) is 31.1 Å². The predicted octanol–water partition coefficient (Wildman–Crippen LogP) is 3.99. The van der Waals surface area contributed by atoms with Gasteiger partial charge in [-0.3, -0.25) is 4.79 Å². The van der Waals surface area contributed by atoms with Crippen LogP contribution >= 0.6 is 0 Å². The minimum absolute atomic E-state index is 0.0599. The molecule has 0 unspecified atom stereocenters. The maximum atomic E-state index is 15.0. The first-order valence-corrected chi connectivity index (χ1v) is 8.17. The van der Waals surface area contributed by atoms with Crippen molar-refractivity contribution >= 4 is 5.97 Å². The number of hydrogen-bond donors (Lipinski definition) is 1. The maximum Gasteiger partial charge on any atom is 0.366 e. The van der Waals surface area contributed by atoms with Crippen LogP contribution < -0.4 is 0 Å². The van der Waals surface area contributed by atoms with E-state index < -0.39 is 28.8 Å². The Morgan fingerprint density at radius 2 is 1.96 bits per heavy atom. The fourth-order valence-electron chi connectivity index (χ4n) is 2.64. The van der Waals surface area contributed by atoms with Crippen molar-refractivity contribution in [2.24, 2.45) is 0 Å². The average molecular weight is 354 g/mol. The monoisotopic (exact) mass is 354 g/mol. The van der Waals surface area contributed by atoms with E-state index in [0.29, 0.717) is 11.3 Å². The maximum absolute atomic E-state index is 15.0. The third-order valence-corrected chi connectivity index (χ3v) is 4.24. The van der Waals surface area contributed by atoms with Gasteiger partial charge in [0, 0.05) is 23.5 Å².